The third-order valence-corrected chi connectivity index (χ3v) is 2.93. The number of hydrogen-bond donors (Lipinski definition) is 2. The molecule has 0 saturated carbocycles. The molecule has 1 heterocycles. The van der Waals surface area contributed by atoms with Gasteiger partial charge in [-0.25, -0.2) is 4.79 Å². The molecule has 0 atom stereocenters. The fourth-order valence-corrected chi connectivity index (χ4v) is 2.09. The molecule has 2 aromatic rings. The van der Waals surface area contributed by atoms with Crippen molar-refractivity contribution in [3.8, 4) is 11.3 Å². The van der Waals surface area contributed by atoms with Crippen molar-refractivity contribution in [3.63, 3.8) is 0 Å². The minimum absolute atomic E-state index is 0.214. The Morgan fingerprint density at radius 3 is 2.47 bits per heavy atom. The molecule has 5 nitrogen and oxygen atoms in total. The summed E-state index contributed by atoms with van der Waals surface area (Å²) in [6.07, 6.45) is 0. The first kappa shape index (κ1) is 13.1. The van der Waals surface area contributed by atoms with E-state index >= 15 is 0 Å². The van der Waals surface area contributed by atoms with E-state index in [-0.39, 0.29) is 6.04 Å². The van der Waals surface area contributed by atoms with Crippen molar-refractivity contribution >= 4 is 11.7 Å². The van der Waals surface area contributed by atoms with E-state index in [4.69, 9.17) is 5.73 Å². The molecule has 0 saturated heterocycles. The summed E-state index contributed by atoms with van der Waals surface area (Å²) in [6, 6.07) is 9.36. The standard InChI is InChI=1S/C14H18N4O/c1-9(2)18-10(3)12(16-14(15)19)13(17-18)11-7-5-4-6-8-11/h4-9H,1-3H3,(H3,15,16,19). The van der Waals surface area contributed by atoms with Gasteiger partial charge in [0.05, 0.1) is 11.4 Å². The number of primary amides is 1. The maximum Gasteiger partial charge on any atom is 0.316 e. The second-order valence-corrected chi connectivity index (χ2v) is 4.70. The highest BCUT2D eigenvalue weighted by atomic mass is 16.2. The zero-order valence-corrected chi connectivity index (χ0v) is 11.3. The van der Waals surface area contributed by atoms with Crippen LogP contribution in [0.25, 0.3) is 11.3 Å². The summed E-state index contributed by atoms with van der Waals surface area (Å²) in [5, 5.41) is 7.25. The van der Waals surface area contributed by atoms with Crippen LogP contribution in [0, 0.1) is 6.92 Å². The van der Waals surface area contributed by atoms with E-state index in [1.807, 2.05) is 55.8 Å². The summed E-state index contributed by atoms with van der Waals surface area (Å²) in [6.45, 7) is 6.01. The number of nitrogens with two attached hydrogens (primary N) is 1. The monoisotopic (exact) mass is 258 g/mol. The number of aromatic nitrogens is 2. The molecule has 0 aliphatic carbocycles. The average Bonchev–Trinajstić information content (AvgIpc) is 2.68. The molecule has 0 radical (unpaired) electrons. The lowest BCUT2D eigenvalue weighted by Gasteiger charge is -2.08. The maximum atomic E-state index is 11.2. The van der Waals surface area contributed by atoms with Gasteiger partial charge in [-0.2, -0.15) is 5.10 Å². The molecule has 19 heavy (non-hydrogen) atoms. The lowest BCUT2D eigenvalue weighted by Crippen LogP contribution is -2.20. The van der Waals surface area contributed by atoms with E-state index < -0.39 is 6.03 Å². The van der Waals surface area contributed by atoms with E-state index in [1.54, 1.807) is 0 Å². The van der Waals surface area contributed by atoms with E-state index in [0.29, 0.717) is 5.69 Å². The number of urea groups is 1. The van der Waals surface area contributed by atoms with Gasteiger partial charge in [-0.1, -0.05) is 30.3 Å². The van der Waals surface area contributed by atoms with Crippen LogP contribution < -0.4 is 11.1 Å². The van der Waals surface area contributed by atoms with Gasteiger partial charge in [-0.3, -0.25) is 4.68 Å². The van der Waals surface area contributed by atoms with Gasteiger partial charge in [0.1, 0.15) is 5.69 Å². The molecule has 2 rings (SSSR count). The quantitative estimate of drug-likeness (QED) is 0.888. The van der Waals surface area contributed by atoms with Gasteiger partial charge in [-0.15, -0.1) is 0 Å². The van der Waals surface area contributed by atoms with Crippen LogP contribution in [0.1, 0.15) is 25.6 Å². The first-order valence-corrected chi connectivity index (χ1v) is 6.21. The van der Waals surface area contributed by atoms with Crippen molar-refractivity contribution in [2.45, 2.75) is 26.8 Å². The Morgan fingerprint density at radius 1 is 1.32 bits per heavy atom. The summed E-state index contributed by atoms with van der Waals surface area (Å²) in [4.78, 5) is 11.2. The fourth-order valence-electron chi connectivity index (χ4n) is 2.09. The number of hydrogen-bond acceptors (Lipinski definition) is 2. The molecule has 5 heteroatoms. The third-order valence-electron chi connectivity index (χ3n) is 2.93. The molecule has 0 spiro atoms. The molecular formula is C14H18N4O. The lowest BCUT2D eigenvalue weighted by atomic mass is 10.1. The van der Waals surface area contributed by atoms with E-state index in [0.717, 1.165) is 17.0 Å². The van der Waals surface area contributed by atoms with Crippen molar-refractivity contribution in [3.05, 3.63) is 36.0 Å². The first-order valence-electron chi connectivity index (χ1n) is 6.21. The highest BCUT2D eigenvalue weighted by molar-refractivity contribution is 5.93. The predicted octanol–water partition coefficient (Wildman–Crippen LogP) is 2.93. The Bertz CT molecular complexity index is 587. The molecule has 0 bridgehead atoms. The second-order valence-electron chi connectivity index (χ2n) is 4.70. The Labute approximate surface area is 112 Å². The SMILES string of the molecule is Cc1c(NC(N)=O)c(-c2ccccc2)nn1C(C)C. The van der Waals surface area contributed by atoms with Crippen molar-refractivity contribution in [2.24, 2.45) is 5.73 Å². The zero-order valence-electron chi connectivity index (χ0n) is 11.3. The Balaban J connectivity index is 2.58. The number of amides is 2. The molecule has 2 amide bonds. The molecule has 1 aromatic carbocycles. The third kappa shape index (κ3) is 2.59. The van der Waals surface area contributed by atoms with E-state index in [2.05, 4.69) is 10.4 Å². The minimum atomic E-state index is -0.580. The van der Waals surface area contributed by atoms with Crippen LogP contribution in [-0.4, -0.2) is 15.8 Å². The van der Waals surface area contributed by atoms with Crippen LogP contribution in [0.15, 0.2) is 30.3 Å². The summed E-state index contributed by atoms with van der Waals surface area (Å²) in [7, 11) is 0. The average molecular weight is 258 g/mol. The number of anilines is 1. The fraction of sp³-hybridized carbons (Fsp3) is 0.286. The Morgan fingerprint density at radius 2 is 1.95 bits per heavy atom. The summed E-state index contributed by atoms with van der Waals surface area (Å²) in [5.41, 5.74) is 8.50. The van der Waals surface area contributed by atoms with Crippen LogP contribution in [0.2, 0.25) is 0 Å². The molecule has 3 N–H and O–H groups in total. The molecule has 0 unspecified atom stereocenters. The predicted molar refractivity (Wildman–Crippen MR) is 76.0 cm³/mol. The van der Waals surface area contributed by atoms with Crippen molar-refractivity contribution < 1.29 is 4.79 Å². The van der Waals surface area contributed by atoms with Crippen molar-refractivity contribution in [1.29, 1.82) is 0 Å². The van der Waals surface area contributed by atoms with Gasteiger partial charge in [0, 0.05) is 11.6 Å². The van der Waals surface area contributed by atoms with Gasteiger partial charge < -0.3 is 11.1 Å². The largest absolute Gasteiger partial charge is 0.351 e. The highest BCUT2D eigenvalue weighted by Crippen LogP contribution is 2.31. The smallest absolute Gasteiger partial charge is 0.316 e. The number of carbonyl (C=O) groups excluding carboxylic acids is 1. The van der Waals surface area contributed by atoms with Gasteiger partial charge in [0.2, 0.25) is 0 Å². The molecular weight excluding hydrogens is 240 g/mol. The van der Waals surface area contributed by atoms with E-state index in [1.165, 1.54) is 0 Å². The van der Waals surface area contributed by atoms with Crippen LogP contribution in [0.5, 0.6) is 0 Å². The van der Waals surface area contributed by atoms with Crippen LogP contribution in [-0.2, 0) is 0 Å². The number of nitrogens with zero attached hydrogens (tertiary/aromatic N) is 2. The minimum Gasteiger partial charge on any atom is -0.351 e. The number of rotatable bonds is 3. The van der Waals surface area contributed by atoms with Crippen LogP contribution in [0.3, 0.4) is 0 Å². The van der Waals surface area contributed by atoms with Crippen LogP contribution >= 0.6 is 0 Å². The van der Waals surface area contributed by atoms with Crippen LogP contribution in [0.4, 0.5) is 10.5 Å². The summed E-state index contributed by atoms with van der Waals surface area (Å²) in [5.74, 6) is 0. The number of carbonyl (C=O) groups is 1. The maximum absolute atomic E-state index is 11.2. The summed E-state index contributed by atoms with van der Waals surface area (Å²) < 4.78 is 1.88. The second kappa shape index (κ2) is 5.14. The Hall–Kier alpha value is -2.30. The van der Waals surface area contributed by atoms with E-state index in [9.17, 15) is 4.79 Å². The zero-order chi connectivity index (χ0) is 14.0. The number of benzene rings is 1. The lowest BCUT2D eigenvalue weighted by molar-refractivity contribution is 0.259. The number of nitrogens with one attached hydrogen (secondary N) is 1. The van der Waals surface area contributed by atoms with Gasteiger partial charge in [0.25, 0.3) is 0 Å². The van der Waals surface area contributed by atoms with Crippen molar-refractivity contribution in [2.75, 3.05) is 5.32 Å². The molecule has 1 aromatic heterocycles. The molecule has 0 aliphatic rings. The molecule has 0 aliphatic heterocycles. The van der Waals surface area contributed by atoms with Gasteiger partial charge in [0.15, 0.2) is 0 Å². The molecule has 0 fully saturated rings. The van der Waals surface area contributed by atoms with Gasteiger partial charge >= 0.3 is 6.03 Å². The normalized spacial score (nSPS) is 10.7. The van der Waals surface area contributed by atoms with Crippen molar-refractivity contribution in [1.82, 2.24) is 9.78 Å². The molecule has 100 valence electrons. The Kier molecular flexibility index (Phi) is 3.55. The summed E-state index contributed by atoms with van der Waals surface area (Å²) >= 11 is 0. The topological polar surface area (TPSA) is 72.9 Å². The first-order chi connectivity index (χ1) is 9.00. The van der Waals surface area contributed by atoms with Gasteiger partial charge in [-0.05, 0) is 20.8 Å². The highest BCUT2D eigenvalue weighted by Gasteiger charge is 2.18.